The number of anilines is 1. The molecule has 0 heterocycles. The number of nitrogens with two attached hydrogens (primary N) is 1. The maximum absolute atomic E-state index is 11.8. The van der Waals surface area contributed by atoms with Crippen molar-refractivity contribution in [2.24, 2.45) is 11.7 Å². The zero-order valence-corrected chi connectivity index (χ0v) is 10.1. The Bertz CT molecular complexity index is 437. The normalized spacial score (nSPS) is 13.5. The zero-order chi connectivity index (χ0) is 12.8. The van der Waals surface area contributed by atoms with E-state index in [2.05, 4.69) is 5.32 Å². The van der Waals surface area contributed by atoms with Crippen molar-refractivity contribution < 1.29 is 4.79 Å². The minimum absolute atomic E-state index is 0.115. The highest BCUT2D eigenvalue weighted by Gasteiger charge is 2.19. The molecule has 0 saturated heterocycles. The van der Waals surface area contributed by atoms with Crippen molar-refractivity contribution in [1.29, 1.82) is 5.26 Å². The summed E-state index contributed by atoms with van der Waals surface area (Å²) in [4.78, 5) is 11.8. The molecule has 0 aliphatic carbocycles. The molecule has 0 aliphatic rings. The first-order valence-electron chi connectivity index (χ1n) is 5.65. The molecule has 0 spiro atoms. The lowest BCUT2D eigenvalue weighted by Crippen LogP contribution is -2.40. The fourth-order valence-electron chi connectivity index (χ4n) is 1.42. The Morgan fingerprint density at radius 2 is 2.18 bits per heavy atom. The minimum Gasteiger partial charge on any atom is -0.324 e. The number of nitrogens with zero attached hydrogens (tertiary/aromatic N) is 1. The van der Waals surface area contributed by atoms with Crippen LogP contribution in [0, 0.1) is 17.2 Å². The largest absolute Gasteiger partial charge is 0.324 e. The van der Waals surface area contributed by atoms with Gasteiger partial charge in [0.1, 0.15) is 6.07 Å². The summed E-state index contributed by atoms with van der Waals surface area (Å²) in [6.07, 6.45) is 0.842. The number of carbonyl (C=O) groups is 1. The summed E-state index contributed by atoms with van der Waals surface area (Å²) in [5.74, 6) is -0.133. The van der Waals surface area contributed by atoms with Crippen LogP contribution in [0.5, 0.6) is 0 Å². The Morgan fingerprint density at radius 1 is 1.53 bits per heavy atom. The van der Waals surface area contributed by atoms with Crippen molar-refractivity contribution in [1.82, 2.24) is 0 Å². The summed E-state index contributed by atoms with van der Waals surface area (Å²) < 4.78 is 0. The molecule has 0 radical (unpaired) electrons. The molecule has 2 unspecified atom stereocenters. The molecule has 1 aromatic rings. The number of amides is 1. The first-order valence-corrected chi connectivity index (χ1v) is 5.65. The van der Waals surface area contributed by atoms with Gasteiger partial charge in [-0.3, -0.25) is 4.79 Å². The number of nitriles is 1. The highest BCUT2D eigenvalue weighted by molar-refractivity contribution is 5.95. The standard InChI is InChI=1S/C13H17N3O/c1-3-9(2)12(15)13(17)16-11-7-5-4-6-10(11)8-14/h4-7,9,12H,3,15H2,1-2H3,(H,16,17). The quantitative estimate of drug-likeness (QED) is 0.830. The highest BCUT2D eigenvalue weighted by Crippen LogP contribution is 2.15. The number of hydrogen-bond donors (Lipinski definition) is 2. The van der Waals surface area contributed by atoms with Gasteiger partial charge in [0.15, 0.2) is 0 Å². The van der Waals surface area contributed by atoms with E-state index < -0.39 is 6.04 Å². The minimum atomic E-state index is -0.549. The van der Waals surface area contributed by atoms with Crippen LogP contribution in [0.15, 0.2) is 24.3 Å². The summed E-state index contributed by atoms with van der Waals surface area (Å²) in [6.45, 7) is 3.92. The average Bonchev–Trinajstić information content (AvgIpc) is 2.37. The van der Waals surface area contributed by atoms with Gasteiger partial charge in [-0.15, -0.1) is 0 Å². The van der Waals surface area contributed by atoms with Crippen LogP contribution in [0.4, 0.5) is 5.69 Å². The summed E-state index contributed by atoms with van der Waals surface area (Å²) in [5, 5.41) is 11.6. The molecular weight excluding hydrogens is 214 g/mol. The van der Waals surface area contributed by atoms with Crippen molar-refractivity contribution >= 4 is 11.6 Å². The SMILES string of the molecule is CCC(C)C(N)C(=O)Nc1ccccc1C#N. The van der Waals surface area contributed by atoms with Gasteiger partial charge < -0.3 is 11.1 Å². The second kappa shape index (κ2) is 6.02. The fourth-order valence-corrected chi connectivity index (χ4v) is 1.42. The van der Waals surface area contributed by atoms with Gasteiger partial charge in [0.2, 0.25) is 5.91 Å². The highest BCUT2D eigenvalue weighted by atomic mass is 16.2. The van der Waals surface area contributed by atoms with Gasteiger partial charge in [0.05, 0.1) is 17.3 Å². The number of para-hydroxylation sites is 1. The molecule has 1 rings (SSSR count). The summed E-state index contributed by atoms with van der Waals surface area (Å²) in [6, 6.07) is 8.35. The molecule has 1 amide bonds. The molecule has 0 aromatic heterocycles. The summed E-state index contributed by atoms with van der Waals surface area (Å²) >= 11 is 0. The van der Waals surface area contributed by atoms with Crippen molar-refractivity contribution in [3.8, 4) is 6.07 Å². The number of nitrogens with one attached hydrogen (secondary N) is 1. The molecule has 2 atom stereocenters. The van der Waals surface area contributed by atoms with Gasteiger partial charge in [0, 0.05) is 0 Å². The van der Waals surface area contributed by atoms with Gasteiger partial charge in [-0.1, -0.05) is 32.4 Å². The van der Waals surface area contributed by atoms with Crippen molar-refractivity contribution in [3.63, 3.8) is 0 Å². The lowest BCUT2D eigenvalue weighted by molar-refractivity contribution is -0.118. The van der Waals surface area contributed by atoms with E-state index in [1.54, 1.807) is 24.3 Å². The van der Waals surface area contributed by atoms with Gasteiger partial charge in [-0.25, -0.2) is 0 Å². The van der Waals surface area contributed by atoms with Crippen LogP contribution >= 0.6 is 0 Å². The number of hydrogen-bond acceptors (Lipinski definition) is 3. The lowest BCUT2D eigenvalue weighted by atomic mass is 9.99. The topological polar surface area (TPSA) is 78.9 Å². The van der Waals surface area contributed by atoms with Crippen LogP contribution in [0.2, 0.25) is 0 Å². The Balaban J connectivity index is 2.78. The van der Waals surface area contributed by atoms with Gasteiger partial charge in [-0.05, 0) is 18.1 Å². The van der Waals surface area contributed by atoms with Crippen molar-refractivity contribution in [2.75, 3.05) is 5.32 Å². The second-order valence-electron chi connectivity index (χ2n) is 4.06. The third-order valence-corrected chi connectivity index (χ3v) is 2.87. The van der Waals surface area contributed by atoms with Crippen LogP contribution in [-0.2, 0) is 4.79 Å². The van der Waals surface area contributed by atoms with E-state index in [1.807, 2.05) is 19.9 Å². The molecule has 4 heteroatoms. The molecular formula is C13H17N3O. The van der Waals surface area contributed by atoms with E-state index >= 15 is 0 Å². The van der Waals surface area contributed by atoms with Gasteiger partial charge in [0.25, 0.3) is 0 Å². The van der Waals surface area contributed by atoms with E-state index in [9.17, 15) is 4.79 Å². The van der Waals surface area contributed by atoms with E-state index in [0.717, 1.165) is 6.42 Å². The zero-order valence-electron chi connectivity index (χ0n) is 10.1. The van der Waals surface area contributed by atoms with E-state index in [-0.39, 0.29) is 11.8 Å². The maximum Gasteiger partial charge on any atom is 0.241 e. The third-order valence-electron chi connectivity index (χ3n) is 2.87. The Labute approximate surface area is 101 Å². The molecule has 1 aromatic carbocycles. The van der Waals surface area contributed by atoms with Gasteiger partial charge >= 0.3 is 0 Å². The van der Waals surface area contributed by atoms with Crippen LogP contribution < -0.4 is 11.1 Å². The Morgan fingerprint density at radius 3 is 2.76 bits per heavy atom. The molecule has 0 bridgehead atoms. The Hall–Kier alpha value is -1.86. The van der Waals surface area contributed by atoms with Crippen LogP contribution in [-0.4, -0.2) is 11.9 Å². The first-order chi connectivity index (χ1) is 8.10. The molecule has 3 N–H and O–H groups in total. The van der Waals surface area contributed by atoms with E-state index in [4.69, 9.17) is 11.0 Å². The first kappa shape index (κ1) is 13.2. The number of rotatable bonds is 4. The van der Waals surface area contributed by atoms with Crippen LogP contribution in [0.3, 0.4) is 0 Å². The monoisotopic (exact) mass is 231 g/mol. The average molecular weight is 231 g/mol. The predicted octanol–water partition coefficient (Wildman–Crippen LogP) is 1.87. The number of carbonyl (C=O) groups excluding carboxylic acids is 1. The van der Waals surface area contributed by atoms with Crippen LogP contribution in [0.1, 0.15) is 25.8 Å². The van der Waals surface area contributed by atoms with Gasteiger partial charge in [-0.2, -0.15) is 5.26 Å². The molecule has 0 saturated carbocycles. The Kier molecular flexibility index (Phi) is 4.68. The maximum atomic E-state index is 11.8. The number of benzene rings is 1. The smallest absolute Gasteiger partial charge is 0.241 e. The second-order valence-corrected chi connectivity index (χ2v) is 4.06. The summed E-state index contributed by atoms with van der Waals surface area (Å²) in [7, 11) is 0. The molecule has 4 nitrogen and oxygen atoms in total. The fraction of sp³-hybridized carbons (Fsp3) is 0.385. The molecule has 90 valence electrons. The molecule has 17 heavy (non-hydrogen) atoms. The van der Waals surface area contributed by atoms with Crippen molar-refractivity contribution in [3.05, 3.63) is 29.8 Å². The van der Waals surface area contributed by atoms with E-state index in [0.29, 0.717) is 11.3 Å². The van der Waals surface area contributed by atoms with Crippen LogP contribution in [0.25, 0.3) is 0 Å². The predicted molar refractivity (Wildman–Crippen MR) is 67.2 cm³/mol. The molecule has 0 fully saturated rings. The lowest BCUT2D eigenvalue weighted by Gasteiger charge is -2.18. The van der Waals surface area contributed by atoms with E-state index in [1.165, 1.54) is 0 Å². The van der Waals surface area contributed by atoms with Crippen molar-refractivity contribution in [2.45, 2.75) is 26.3 Å². The molecule has 0 aliphatic heterocycles. The third kappa shape index (κ3) is 3.30. The summed E-state index contributed by atoms with van der Waals surface area (Å²) in [5.41, 5.74) is 6.77.